The largest absolute Gasteiger partial charge is 0.342 e. The van der Waals surface area contributed by atoms with E-state index in [2.05, 4.69) is 31.1 Å². The molecule has 0 amide bonds. The highest BCUT2D eigenvalue weighted by Gasteiger charge is 2.07. The molecule has 0 aliphatic rings. The van der Waals surface area contributed by atoms with Gasteiger partial charge in [0.15, 0.2) is 0 Å². The van der Waals surface area contributed by atoms with Crippen LogP contribution >= 0.6 is 0 Å². The Balaban J connectivity index is 1.98. The van der Waals surface area contributed by atoms with E-state index in [-0.39, 0.29) is 11.3 Å². The minimum absolute atomic E-state index is 0.257. The van der Waals surface area contributed by atoms with Gasteiger partial charge in [0, 0.05) is 31.1 Å². The summed E-state index contributed by atoms with van der Waals surface area (Å²) in [6.45, 7) is 6.53. The molecule has 0 unspecified atom stereocenters. The summed E-state index contributed by atoms with van der Waals surface area (Å²) < 4.78 is 1.19. The van der Waals surface area contributed by atoms with E-state index in [9.17, 15) is 14.4 Å². The number of rotatable bonds is 11. The third-order valence-corrected chi connectivity index (χ3v) is 4.93. The number of nitrogens with zero attached hydrogens (tertiary/aromatic N) is 1. The first-order chi connectivity index (χ1) is 13.4. The van der Waals surface area contributed by atoms with Gasteiger partial charge in [0.2, 0.25) is 0 Å². The lowest BCUT2D eigenvalue weighted by atomic mass is 10.1. The average Bonchev–Trinajstić information content (AvgIpc) is 2.66. The van der Waals surface area contributed by atoms with Gasteiger partial charge in [0.25, 0.3) is 5.56 Å². The van der Waals surface area contributed by atoms with Crippen molar-refractivity contribution in [2.24, 2.45) is 0 Å². The number of unbranched alkanes of at least 4 members (excludes halogenated alkanes) is 2. The van der Waals surface area contributed by atoms with Crippen LogP contribution in [0, 0.1) is 6.92 Å². The van der Waals surface area contributed by atoms with E-state index >= 15 is 0 Å². The molecular weight excluding hydrogens is 354 g/mol. The van der Waals surface area contributed by atoms with Crippen LogP contribution in [0.15, 0.2) is 33.9 Å². The van der Waals surface area contributed by atoms with Crippen LogP contribution in [0.25, 0.3) is 0 Å². The van der Waals surface area contributed by atoms with Crippen LogP contribution in [0.4, 0.5) is 11.5 Å². The molecule has 1 aromatic carbocycles. The minimum atomic E-state index is -0.435. The summed E-state index contributed by atoms with van der Waals surface area (Å²) in [5.41, 5.74) is 2.49. The topological polar surface area (TPSA) is 84.0 Å². The Morgan fingerprint density at radius 3 is 2.50 bits per heavy atom. The van der Waals surface area contributed by atoms with Crippen LogP contribution < -0.4 is 16.6 Å². The second kappa shape index (κ2) is 10.6. The molecule has 152 valence electrons. The zero-order valence-electron chi connectivity index (χ0n) is 17.1. The number of aromatic nitrogens is 2. The van der Waals surface area contributed by atoms with Crippen molar-refractivity contribution in [2.75, 3.05) is 5.32 Å². The molecular formula is C22H31N3O3. The predicted octanol–water partition coefficient (Wildman–Crippen LogP) is 4.08. The van der Waals surface area contributed by atoms with Gasteiger partial charge in [-0.05, 0) is 55.9 Å². The molecule has 2 aromatic rings. The molecule has 0 bridgehead atoms. The summed E-state index contributed by atoms with van der Waals surface area (Å²) in [7, 11) is 0. The van der Waals surface area contributed by atoms with Crippen LogP contribution in [-0.2, 0) is 17.8 Å². The second-order valence-electron chi connectivity index (χ2n) is 7.20. The molecule has 6 nitrogen and oxygen atoms in total. The van der Waals surface area contributed by atoms with Gasteiger partial charge in [-0.2, -0.15) is 0 Å². The maximum Gasteiger partial charge on any atom is 0.329 e. The number of carbonyl (C=O) groups is 1. The van der Waals surface area contributed by atoms with Crippen LogP contribution in [0.1, 0.15) is 63.5 Å². The smallest absolute Gasteiger partial charge is 0.329 e. The lowest BCUT2D eigenvalue weighted by molar-refractivity contribution is -0.119. The van der Waals surface area contributed by atoms with Crippen molar-refractivity contribution < 1.29 is 4.79 Å². The summed E-state index contributed by atoms with van der Waals surface area (Å²) in [4.78, 5) is 39.0. The van der Waals surface area contributed by atoms with Crippen molar-refractivity contribution in [3.05, 3.63) is 56.2 Å². The molecule has 2 rings (SSSR count). The van der Waals surface area contributed by atoms with Gasteiger partial charge in [-0.25, -0.2) is 4.79 Å². The van der Waals surface area contributed by atoms with Crippen molar-refractivity contribution in [2.45, 2.75) is 72.3 Å². The van der Waals surface area contributed by atoms with Gasteiger partial charge in [-0.15, -0.1) is 0 Å². The van der Waals surface area contributed by atoms with Crippen LogP contribution in [0.5, 0.6) is 0 Å². The van der Waals surface area contributed by atoms with E-state index in [1.165, 1.54) is 21.8 Å². The summed E-state index contributed by atoms with van der Waals surface area (Å²) in [6.07, 6.45) is 5.31. The first kappa shape index (κ1) is 21.7. The molecule has 0 saturated heterocycles. The minimum Gasteiger partial charge on any atom is -0.342 e. The highest BCUT2D eigenvalue weighted by atomic mass is 16.2. The van der Waals surface area contributed by atoms with Crippen LogP contribution in [0.2, 0.25) is 0 Å². The van der Waals surface area contributed by atoms with Gasteiger partial charge in [0.1, 0.15) is 11.6 Å². The number of hydrogen-bond donors (Lipinski definition) is 2. The van der Waals surface area contributed by atoms with Gasteiger partial charge in [-0.1, -0.05) is 26.3 Å². The van der Waals surface area contributed by atoms with E-state index < -0.39 is 5.69 Å². The Hall–Kier alpha value is -2.63. The fraction of sp³-hybridized carbons (Fsp3) is 0.500. The lowest BCUT2D eigenvalue weighted by Gasteiger charge is -2.11. The number of Topliss-reactive ketones (excluding diaryl/α,β-unsaturated/α-hetero) is 1. The van der Waals surface area contributed by atoms with Gasteiger partial charge < -0.3 is 5.32 Å². The van der Waals surface area contributed by atoms with Crippen molar-refractivity contribution >= 4 is 17.3 Å². The first-order valence-electron chi connectivity index (χ1n) is 10.2. The molecule has 6 heteroatoms. The maximum absolute atomic E-state index is 12.3. The number of anilines is 2. The third kappa shape index (κ3) is 6.22. The zero-order valence-corrected chi connectivity index (χ0v) is 17.1. The number of benzene rings is 1. The van der Waals surface area contributed by atoms with Crippen molar-refractivity contribution in [3.63, 3.8) is 0 Å². The van der Waals surface area contributed by atoms with E-state index in [1.807, 2.05) is 18.2 Å². The molecule has 0 fully saturated rings. The Morgan fingerprint density at radius 2 is 1.82 bits per heavy atom. The van der Waals surface area contributed by atoms with Gasteiger partial charge >= 0.3 is 5.69 Å². The standard InChI is InChI=1S/C22H31N3O3/c1-4-6-9-19(26)10-7-8-13-25-21(27)15-20(24-22(25)28)23-18-12-11-16(3)17(5-2)14-18/h11-12,14-15,23H,4-10,13H2,1-3H3,(H,24,28). The highest BCUT2D eigenvalue weighted by Crippen LogP contribution is 2.18. The van der Waals surface area contributed by atoms with E-state index in [0.29, 0.717) is 38.0 Å². The van der Waals surface area contributed by atoms with Gasteiger partial charge in [0.05, 0.1) is 0 Å². The molecule has 0 spiro atoms. The summed E-state index contributed by atoms with van der Waals surface area (Å²) in [5.74, 6) is 0.638. The molecule has 0 radical (unpaired) electrons. The summed E-state index contributed by atoms with van der Waals surface area (Å²) >= 11 is 0. The second-order valence-corrected chi connectivity index (χ2v) is 7.20. The number of ketones is 1. The number of nitrogens with one attached hydrogen (secondary N) is 2. The van der Waals surface area contributed by atoms with E-state index in [0.717, 1.165) is 24.9 Å². The number of aromatic amines is 1. The number of H-pyrrole nitrogens is 1. The lowest BCUT2D eigenvalue weighted by Crippen LogP contribution is -2.35. The molecule has 0 saturated carbocycles. The van der Waals surface area contributed by atoms with Crippen molar-refractivity contribution in [1.82, 2.24) is 9.55 Å². The maximum atomic E-state index is 12.3. The summed E-state index contributed by atoms with van der Waals surface area (Å²) in [5, 5.41) is 3.10. The molecule has 1 heterocycles. The number of carbonyl (C=O) groups excluding carboxylic acids is 1. The molecule has 2 N–H and O–H groups in total. The number of hydrogen-bond acceptors (Lipinski definition) is 4. The fourth-order valence-electron chi connectivity index (χ4n) is 3.18. The molecule has 28 heavy (non-hydrogen) atoms. The molecule has 0 aliphatic carbocycles. The normalized spacial score (nSPS) is 10.8. The SMILES string of the molecule is CCCCC(=O)CCCCn1c(=O)cc(Nc2ccc(C)c(CC)c2)[nH]c1=O. The Kier molecular flexibility index (Phi) is 8.23. The Morgan fingerprint density at radius 1 is 1.07 bits per heavy atom. The van der Waals surface area contributed by atoms with Crippen LogP contribution in [0.3, 0.4) is 0 Å². The molecule has 0 atom stereocenters. The summed E-state index contributed by atoms with van der Waals surface area (Å²) in [6, 6.07) is 7.37. The Bertz CT molecular complexity index is 881. The average molecular weight is 386 g/mol. The molecule has 1 aromatic heterocycles. The quantitative estimate of drug-likeness (QED) is 0.571. The van der Waals surface area contributed by atoms with E-state index in [1.54, 1.807) is 0 Å². The monoisotopic (exact) mass is 385 g/mol. The van der Waals surface area contributed by atoms with Gasteiger partial charge in [-0.3, -0.25) is 19.1 Å². The van der Waals surface area contributed by atoms with Crippen molar-refractivity contribution in [3.8, 4) is 0 Å². The first-order valence-corrected chi connectivity index (χ1v) is 10.2. The van der Waals surface area contributed by atoms with E-state index in [4.69, 9.17) is 0 Å². The molecule has 0 aliphatic heterocycles. The number of aryl methyl sites for hydroxylation is 2. The highest BCUT2D eigenvalue weighted by molar-refractivity contribution is 5.78. The van der Waals surface area contributed by atoms with Crippen LogP contribution in [-0.4, -0.2) is 15.3 Å². The fourth-order valence-corrected chi connectivity index (χ4v) is 3.18. The third-order valence-electron chi connectivity index (χ3n) is 4.93. The zero-order chi connectivity index (χ0) is 20.5. The van der Waals surface area contributed by atoms with Crippen molar-refractivity contribution in [1.29, 1.82) is 0 Å². The predicted molar refractivity (Wildman–Crippen MR) is 114 cm³/mol. The Labute approximate surface area is 166 Å².